The number of allylic oxidation sites excluding steroid dienone is 1. The van der Waals surface area contributed by atoms with E-state index in [0.717, 1.165) is 37.7 Å². The molecular weight excluding hydrogens is 308 g/mol. The van der Waals surface area contributed by atoms with E-state index in [1.807, 2.05) is 0 Å². The van der Waals surface area contributed by atoms with Crippen LogP contribution in [0.25, 0.3) is 5.52 Å². The van der Waals surface area contributed by atoms with Crippen LogP contribution in [-0.2, 0) is 18.4 Å². The first-order valence-corrected chi connectivity index (χ1v) is 9.59. The number of hydrogen-bond acceptors (Lipinski definition) is 3. The summed E-state index contributed by atoms with van der Waals surface area (Å²) in [5.74, 6) is 2.44. The van der Waals surface area contributed by atoms with Crippen molar-refractivity contribution in [2.45, 2.75) is 45.6 Å². The fraction of sp³-hybridized carbons (Fsp3) is 0.571. The molecule has 1 aliphatic heterocycles. The van der Waals surface area contributed by atoms with Crippen molar-refractivity contribution in [3.05, 3.63) is 47.7 Å². The van der Waals surface area contributed by atoms with E-state index in [-0.39, 0.29) is 5.54 Å². The Hall–Kier alpha value is -1.81. The van der Waals surface area contributed by atoms with E-state index in [0.29, 0.717) is 11.3 Å². The average Bonchev–Trinajstić information content (AvgIpc) is 2.87. The van der Waals surface area contributed by atoms with Crippen molar-refractivity contribution >= 4 is 5.52 Å². The minimum atomic E-state index is -0.234. The standard InChI is InChI=1S/C21H28N4/c1-13(17-15-11-22-12-21(15,17)4)24-20(2,3)19-23-16-9-5-7-14-8-6-10-25(19)18(14)16/h6,8,10,15,17,22,24H,1,5,7,9,11-12H2,2-4H3. The van der Waals surface area contributed by atoms with Crippen molar-refractivity contribution in [1.29, 1.82) is 0 Å². The Balaban J connectivity index is 1.48. The summed E-state index contributed by atoms with van der Waals surface area (Å²) >= 11 is 0. The molecule has 4 heteroatoms. The highest BCUT2D eigenvalue weighted by Crippen LogP contribution is 2.63. The van der Waals surface area contributed by atoms with Crippen LogP contribution in [0.3, 0.4) is 0 Å². The normalized spacial score (nSPS) is 30.4. The Kier molecular flexibility index (Phi) is 3.01. The van der Waals surface area contributed by atoms with E-state index in [1.165, 1.54) is 28.9 Å². The second-order valence-corrected chi connectivity index (χ2v) is 8.98. The maximum atomic E-state index is 5.06. The smallest absolute Gasteiger partial charge is 0.138 e. The Morgan fingerprint density at radius 1 is 1.44 bits per heavy atom. The summed E-state index contributed by atoms with van der Waals surface area (Å²) in [6.07, 6.45) is 5.63. The van der Waals surface area contributed by atoms with Crippen LogP contribution in [0, 0.1) is 17.3 Å². The van der Waals surface area contributed by atoms with Gasteiger partial charge in [-0.25, -0.2) is 4.98 Å². The van der Waals surface area contributed by atoms with Gasteiger partial charge in [0.1, 0.15) is 5.82 Å². The quantitative estimate of drug-likeness (QED) is 0.902. The zero-order valence-electron chi connectivity index (χ0n) is 15.5. The molecule has 0 amide bonds. The molecule has 25 heavy (non-hydrogen) atoms. The second-order valence-electron chi connectivity index (χ2n) is 8.98. The number of rotatable bonds is 4. The van der Waals surface area contributed by atoms with Crippen LogP contribution in [0.1, 0.15) is 44.3 Å². The number of piperidine rings is 1. The minimum absolute atomic E-state index is 0.234. The summed E-state index contributed by atoms with van der Waals surface area (Å²) in [6, 6.07) is 4.41. The molecule has 1 saturated carbocycles. The third-order valence-corrected chi connectivity index (χ3v) is 6.81. The van der Waals surface area contributed by atoms with Gasteiger partial charge < -0.3 is 15.0 Å². The molecule has 0 bridgehead atoms. The first kappa shape index (κ1) is 15.4. The van der Waals surface area contributed by atoms with E-state index in [4.69, 9.17) is 4.98 Å². The third-order valence-electron chi connectivity index (χ3n) is 6.81. The molecular formula is C21H28N4. The summed E-state index contributed by atoms with van der Waals surface area (Å²) < 4.78 is 2.31. The van der Waals surface area contributed by atoms with Crippen LogP contribution in [-0.4, -0.2) is 22.5 Å². The maximum Gasteiger partial charge on any atom is 0.138 e. The van der Waals surface area contributed by atoms with Crippen molar-refractivity contribution in [2.24, 2.45) is 17.3 Å². The number of nitrogens with one attached hydrogen (secondary N) is 2. The average molecular weight is 336 g/mol. The Labute approximate surface area is 149 Å². The Morgan fingerprint density at radius 3 is 3.04 bits per heavy atom. The zero-order valence-corrected chi connectivity index (χ0v) is 15.5. The van der Waals surface area contributed by atoms with Crippen molar-refractivity contribution in [2.75, 3.05) is 13.1 Å². The molecule has 2 fully saturated rings. The summed E-state index contributed by atoms with van der Waals surface area (Å²) in [4.78, 5) is 5.06. The van der Waals surface area contributed by atoms with E-state index in [2.05, 4.69) is 60.7 Å². The highest BCUT2D eigenvalue weighted by atomic mass is 15.1. The van der Waals surface area contributed by atoms with Crippen LogP contribution < -0.4 is 10.6 Å². The molecule has 5 rings (SSSR count). The highest BCUT2D eigenvalue weighted by molar-refractivity contribution is 5.62. The van der Waals surface area contributed by atoms with Crippen LogP contribution in [0.5, 0.6) is 0 Å². The van der Waals surface area contributed by atoms with Crippen molar-refractivity contribution in [3.8, 4) is 0 Å². The molecule has 2 aromatic heterocycles. The summed E-state index contributed by atoms with van der Waals surface area (Å²) in [5, 5.41) is 7.26. The number of imidazole rings is 1. The molecule has 3 aliphatic rings. The predicted molar refractivity (Wildman–Crippen MR) is 100 cm³/mol. The number of hydrogen-bond donors (Lipinski definition) is 2. The van der Waals surface area contributed by atoms with Gasteiger partial charge in [-0.05, 0) is 62.6 Å². The minimum Gasteiger partial charge on any atom is -0.377 e. The van der Waals surface area contributed by atoms with Gasteiger partial charge in [0.05, 0.1) is 16.7 Å². The van der Waals surface area contributed by atoms with E-state index >= 15 is 0 Å². The van der Waals surface area contributed by atoms with Crippen LogP contribution >= 0.6 is 0 Å². The zero-order chi connectivity index (χ0) is 17.4. The van der Waals surface area contributed by atoms with Gasteiger partial charge in [0.25, 0.3) is 0 Å². The monoisotopic (exact) mass is 336 g/mol. The molecule has 3 atom stereocenters. The van der Waals surface area contributed by atoms with E-state index in [9.17, 15) is 0 Å². The largest absolute Gasteiger partial charge is 0.377 e. The SMILES string of the molecule is C=C(NC(C)(C)c1nc2c3c(cccn13)CCC2)C1C2CNCC21C. The highest BCUT2D eigenvalue weighted by Gasteiger charge is 2.64. The molecule has 1 saturated heterocycles. The number of nitrogens with zero attached hydrogens (tertiary/aromatic N) is 2. The van der Waals surface area contributed by atoms with E-state index < -0.39 is 0 Å². The summed E-state index contributed by atoms with van der Waals surface area (Å²) in [6.45, 7) is 13.5. The first-order chi connectivity index (χ1) is 11.9. The van der Waals surface area contributed by atoms with Crippen molar-refractivity contribution in [1.82, 2.24) is 20.0 Å². The van der Waals surface area contributed by atoms with Crippen molar-refractivity contribution < 1.29 is 0 Å². The van der Waals surface area contributed by atoms with Gasteiger partial charge in [0, 0.05) is 24.4 Å². The lowest BCUT2D eigenvalue weighted by molar-refractivity contribution is 0.392. The van der Waals surface area contributed by atoms with Gasteiger partial charge in [0.15, 0.2) is 0 Å². The predicted octanol–water partition coefficient (Wildman–Crippen LogP) is 3.02. The van der Waals surface area contributed by atoms with Crippen LogP contribution in [0.2, 0.25) is 0 Å². The Morgan fingerprint density at radius 2 is 2.28 bits per heavy atom. The Bertz CT molecular complexity index is 877. The number of aryl methyl sites for hydroxylation is 2. The molecule has 2 aromatic rings. The summed E-state index contributed by atoms with van der Waals surface area (Å²) in [5.41, 5.74) is 5.38. The third kappa shape index (κ3) is 2.06. The fourth-order valence-corrected chi connectivity index (χ4v) is 5.48. The number of pyridine rings is 1. The lowest BCUT2D eigenvalue weighted by atomic mass is 9.99. The topological polar surface area (TPSA) is 41.4 Å². The molecule has 4 nitrogen and oxygen atoms in total. The van der Waals surface area contributed by atoms with Crippen LogP contribution in [0.15, 0.2) is 30.6 Å². The molecule has 3 unspecified atom stereocenters. The lowest BCUT2D eigenvalue weighted by Crippen LogP contribution is -2.39. The van der Waals surface area contributed by atoms with Gasteiger partial charge >= 0.3 is 0 Å². The van der Waals surface area contributed by atoms with Gasteiger partial charge in [-0.1, -0.05) is 19.6 Å². The van der Waals surface area contributed by atoms with Gasteiger partial charge in [-0.2, -0.15) is 0 Å². The van der Waals surface area contributed by atoms with Gasteiger partial charge in [-0.3, -0.25) is 0 Å². The molecule has 2 N–H and O–H groups in total. The second kappa shape index (κ2) is 4.88. The van der Waals surface area contributed by atoms with Crippen molar-refractivity contribution in [3.63, 3.8) is 0 Å². The molecule has 0 radical (unpaired) electrons. The summed E-state index contributed by atoms with van der Waals surface area (Å²) in [7, 11) is 0. The molecule has 3 heterocycles. The fourth-order valence-electron chi connectivity index (χ4n) is 5.48. The molecule has 0 spiro atoms. The van der Waals surface area contributed by atoms with Gasteiger partial charge in [-0.15, -0.1) is 0 Å². The first-order valence-electron chi connectivity index (χ1n) is 9.59. The molecule has 0 aromatic carbocycles. The van der Waals surface area contributed by atoms with Gasteiger partial charge in [0.2, 0.25) is 0 Å². The van der Waals surface area contributed by atoms with E-state index in [1.54, 1.807) is 0 Å². The number of aromatic nitrogens is 2. The van der Waals surface area contributed by atoms with Crippen LogP contribution in [0.4, 0.5) is 0 Å². The molecule has 132 valence electrons. The maximum absolute atomic E-state index is 5.06. The lowest BCUT2D eigenvalue weighted by Gasteiger charge is -2.29. The number of fused-ring (bicyclic) bond motifs is 1. The molecule has 2 aliphatic carbocycles.